The van der Waals surface area contributed by atoms with E-state index >= 15 is 0 Å². The number of imidazole rings is 2. The molecule has 4 aromatic carbocycles. The molecule has 0 unspecified atom stereocenters. The highest BCUT2D eigenvalue weighted by Gasteiger charge is 2.44. The van der Waals surface area contributed by atoms with Crippen LogP contribution in [0.2, 0.25) is 0 Å². The van der Waals surface area contributed by atoms with Gasteiger partial charge in [0.05, 0.1) is 27.0 Å². The summed E-state index contributed by atoms with van der Waals surface area (Å²) in [5.41, 5.74) is 7.96. The van der Waals surface area contributed by atoms with Crippen molar-refractivity contribution in [1.82, 2.24) is 19.9 Å². The number of carbonyl (C=O) groups is 2. The van der Waals surface area contributed by atoms with Crippen LogP contribution < -0.4 is 35.3 Å². The molecule has 0 atom stereocenters. The third-order valence-corrected chi connectivity index (χ3v) is 6.99. The van der Waals surface area contributed by atoms with E-state index in [9.17, 15) is 37.3 Å². The Labute approximate surface area is 274 Å². The minimum atomic E-state index is -3.73. The topological polar surface area (TPSA) is 222 Å². The molecular formula is C30H18F4N8O8. The highest BCUT2D eigenvalue weighted by Crippen LogP contribution is 2.44. The summed E-state index contributed by atoms with van der Waals surface area (Å²) in [5.74, 6) is -1.24. The number of alkyl halides is 4. The van der Waals surface area contributed by atoms with E-state index < -0.39 is 23.4 Å². The summed E-state index contributed by atoms with van der Waals surface area (Å²) in [6, 6.07) is 16.5. The largest absolute Gasteiger partial charge is 0.586 e. The lowest BCUT2D eigenvalue weighted by Crippen LogP contribution is -2.25. The van der Waals surface area contributed by atoms with Crippen LogP contribution in [0.5, 0.6) is 23.0 Å². The Balaban J connectivity index is 0.000000157. The van der Waals surface area contributed by atoms with Gasteiger partial charge in [-0.1, -0.05) is 0 Å². The fourth-order valence-corrected chi connectivity index (χ4v) is 4.76. The van der Waals surface area contributed by atoms with Crippen LogP contribution in [0.1, 0.15) is 20.7 Å². The lowest BCUT2D eigenvalue weighted by molar-refractivity contribution is -0.384. The number of aromatic nitrogens is 4. The fraction of sp³-hybridized carbons (Fsp3) is 0.0667. The number of nitro benzene ring substituents is 1. The molecule has 16 nitrogen and oxygen atoms in total. The van der Waals surface area contributed by atoms with Crippen molar-refractivity contribution in [3.05, 3.63) is 94.0 Å². The number of ether oxygens (including phenoxy) is 4. The van der Waals surface area contributed by atoms with Gasteiger partial charge in [-0.2, -0.15) is 0 Å². The third kappa shape index (κ3) is 6.39. The average Bonchev–Trinajstić information content (AvgIpc) is 3.78. The van der Waals surface area contributed by atoms with Crippen LogP contribution in [0.3, 0.4) is 0 Å². The quantitative estimate of drug-likeness (QED) is 0.0631. The molecule has 0 spiro atoms. The number of carbonyl (C=O) groups excluding carboxylic acids is 2. The number of hydrogen-bond donors (Lipinski definition) is 5. The van der Waals surface area contributed by atoms with Crippen molar-refractivity contribution in [2.75, 3.05) is 16.4 Å². The number of nitrogens with two attached hydrogens (primary N) is 1. The molecule has 0 bridgehead atoms. The number of amides is 2. The summed E-state index contributed by atoms with van der Waals surface area (Å²) in [4.78, 5) is 48.1. The number of aromatic amines is 2. The van der Waals surface area contributed by atoms with Gasteiger partial charge in [-0.3, -0.25) is 30.3 Å². The van der Waals surface area contributed by atoms with Gasteiger partial charge in [0.2, 0.25) is 11.9 Å². The lowest BCUT2D eigenvalue weighted by atomic mass is 10.2. The van der Waals surface area contributed by atoms with E-state index in [1.165, 1.54) is 48.5 Å². The number of halogens is 4. The number of benzene rings is 4. The monoisotopic (exact) mass is 694 g/mol. The molecule has 6 aromatic rings. The Morgan fingerprint density at radius 3 is 1.46 bits per heavy atom. The van der Waals surface area contributed by atoms with Crippen molar-refractivity contribution >= 4 is 57.2 Å². The standard InChI is InChI=1S/C15H8F2N4O5.C15H10F2N4O3/c16-15(17)25-11-5-9-10(6-12(11)26-15)19-14(18-9)20-13(22)7-1-3-8(4-2-7)21(23)24;16-15(17)23-11-5-9-10(6-12(11)24-15)20-14(19-9)21-13(22)7-1-3-8(18)4-2-7/h1-6H,(H2,18,19,20,22);1-6H,18H2,(H2,19,20,21,22). The van der Waals surface area contributed by atoms with Crippen LogP contribution >= 0.6 is 0 Å². The van der Waals surface area contributed by atoms with Crippen LogP contribution in [0, 0.1) is 10.1 Å². The van der Waals surface area contributed by atoms with Gasteiger partial charge >= 0.3 is 12.6 Å². The summed E-state index contributed by atoms with van der Waals surface area (Å²) in [6.07, 6.45) is -7.42. The zero-order valence-electron chi connectivity index (χ0n) is 24.6. The number of fused-ring (bicyclic) bond motifs is 4. The zero-order valence-corrected chi connectivity index (χ0v) is 24.6. The van der Waals surface area contributed by atoms with Gasteiger partial charge in [-0.25, -0.2) is 9.97 Å². The second-order valence-electron chi connectivity index (χ2n) is 10.5. The van der Waals surface area contributed by atoms with Crippen LogP contribution in [0.25, 0.3) is 22.1 Å². The number of nitrogens with one attached hydrogen (secondary N) is 4. The molecule has 6 N–H and O–H groups in total. The van der Waals surface area contributed by atoms with E-state index in [0.717, 1.165) is 0 Å². The number of nitrogen functional groups attached to an aromatic ring is 1. The van der Waals surface area contributed by atoms with E-state index in [2.05, 4.69) is 49.5 Å². The van der Waals surface area contributed by atoms with Crippen molar-refractivity contribution in [2.45, 2.75) is 12.6 Å². The van der Waals surface area contributed by atoms with Crippen LogP contribution in [-0.4, -0.2) is 49.3 Å². The maximum Gasteiger partial charge on any atom is 0.586 e. The van der Waals surface area contributed by atoms with E-state index in [-0.39, 0.29) is 57.6 Å². The minimum Gasteiger partial charge on any atom is -0.399 e. The fourth-order valence-electron chi connectivity index (χ4n) is 4.76. The van der Waals surface area contributed by atoms with E-state index in [4.69, 9.17) is 5.73 Å². The van der Waals surface area contributed by atoms with Gasteiger partial charge < -0.3 is 34.6 Å². The van der Waals surface area contributed by atoms with Crippen molar-refractivity contribution in [2.24, 2.45) is 0 Å². The molecule has 4 heterocycles. The Bertz CT molecular complexity index is 2240. The maximum atomic E-state index is 13.0. The van der Waals surface area contributed by atoms with Crippen molar-refractivity contribution < 1.29 is 51.0 Å². The highest BCUT2D eigenvalue weighted by atomic mass is 19.3. The van der Waals surface area contributed by atoms with Crippen molar-refractivity contribution in [3.8, 4) is 23.0 Å². The predicted molar refractivity (Wildman–Crippen MR) is 164 cm³/mol. The van der Waals surface area contributed by atoms with Gasteiger partial charge in [-0.05, 0) is 36.4 Å². The molecule has 0 aliphatic carbocycles. The number of H-pyrrole nitrogens is 2. The summed E-state index contributed by atoms with van der Waals surface area (Å²) in [6.45, 7) is 0. The Morgan fingerprint density at radius 1 is 0.680 bits per heavy atom. The lowest BCUT2D eigenvalue weighted by Gasteiger charge is -2.04. The Hall–Kier alpha value is -7.12. The predicted octanol–water partition coefficient (Wildman–Crippen LogP) is 5.76. The van der Waals surface area contributed by atoms with Gasteiger partial charge in [0, 0.05) is 53.2 Å². The minimum absolute atomic E-state index is 0.0683. The number of anilines is 3. The second-order valence-corrected chi connectivity index (χ2v) is 10.5. The molecule has 0 saturated heterocycles. The first-order chi connectivity index (χ1) is 23.7. The number of nitro groups is 1. The van der Waals surface area contributed by atoms with Crippen LogP contribution in [0.4, 0.5) is 40.8 Å². The highest BCUT2D eigenvalue weighted by molar-refractivity contribution is 6.05. The molecule has 50 heavy (non-hydrogen) atoms. The summed E-state index contributed by atoms with van der Waals surface area (Å²) >= 11 is 0. The third-order valence-electron chi connectivity index (χ3n) is 6.99. The first-order valence-electron chi connectivity index (χ1n) is 14.0. The zero-order chi connectivity index (χ0) is 35.4. The Kier molecular flexibility index (Phi) is 7.26. The van der Waals surface area contributed by atoms with Crippen molar-refractivity contribution in [1.29, 1.82) is 0 Å². The molecule has 2 aliphatic rings. The number of rotatable bonds is 5. The van der Waals surface area contributed by atoms with Gasteiger partial charge in [0.15, 0.2) is 23.0 Å². The van der Waals surface area contributed by atoms with E-state index in [1.807, 2.05) is 0 Å². The van der Waals surface area contributed by atoms with Crippen LogP contribution in [0.15, 0.2) is 72.8 Å². The molecule has 8 rings (SSSR count). The number of nitrogens with zero attached hydrogens (tertiary/aromatic N) is 3. The molecule has 2 aliphatic heterocycles. The molecule has 20 heteroatoms. The van der Waals surface area contributed by atoms with E-state index in [1.54, 1.807) is 24.3 Å². The second kappa shape index (κ2) is 11.5. The molecule has 2 aromatic heterocycles. The Morgan fingerprint density at radius 2 is 1.06 bits per heavy atom. The summed E-state index contributed by atoms with van der Waals surface area (Å²) < 4.78 is 69.5. The summed E-state index contributed by atoms with van der Waals surface area (Å²) in [5, 5.41) is 15.7. The average molecular weight is 695 g/mol. The first-order valence-corrected chi connectivity index (χ1v) is 14.0. The van der Waals surface area contributed by atoms with Crippen LogP contribution in [-0.2, 0) is 0 Å². The van der Waals surface area contributed by atoms with Crippen molar-refractivity contribution in [3.63, 3.8) is 0 Å². The molecule has 0 saturated carbocycles. The first kappa shape index (κ1) is 31.5. The molecule has 0 radical (unpaired) electrons. The normalized spacial score (nSPS) is 14.6. The maximum absolute atomic E-state index is 13.0. The SMILES string of the molecule is Nc1ccc(C(=O)Nc2nc3cc4c(cc3[nH]2)OC(F)(F)O4)cc1.O=C(Nc1nc2cc3c(cc2[nH]1)OC(F)(F)O3)c1ccc([N+](=O)[O-])cc1. The van der Waals surface area contributed by atoms with Gasteiger partial charge in [0.25, 0.3) is 17.5 Å². The molecule has 0 fully saturated rings. The van der Waals surface area contributed by atoms with Gasteiger partial charge in [-0.15, -0.1) is 17.6 Å². The summed E-state index contributed by atoms with van der Waals surface area (Å²) in [7, 11) is 0. The molecular weight excluding hydrogens is 676 g/mol. The smallest absolute Gasteiger partial charge is 0.399 e. The molecule has 254 valence electrons. The number of non-ortho nitro benzene ring substituents is 1. The van der Waals surface area contributed by atoms with Gasteiger partial charge in [0.1, 0.15) is 0 Å². The number of hydrogen-bond acceptors (Lipinski definition) is 11. The molecule has 2 amide bonds. The van der Waals surface area contributed by atoms with E-state index in [0.29, 0.717) is 27.8 Å².